The number of methoxy groups -OCH3 is 1. The van der Waals surface area contributed by atoms with Crippen molar-refractivity contribution in [3.8, 4) is 11.5 Å². The normalized spacial score (nSPS) is 14.2. The third kappa shape index (κ3) is 3.24. The van der Waals surface area contributed by atoms with Crippen molar-refractivity contribution in [3.63, 3.8) is 0 Å². The molecule has 0 aliphatic carbocycles. The Morgan fingerprint density at radius 3 is 2.63 bits per heavy atom. The van der Waals surface area contributed by atoms with Gasteiger partial charge in [-0.3, -0.25) is 4.79 Å². The van der Waals surface area contributed by atoms with Crippen LogP contribution >= 0.6 is 0 Å². The Morgan fingerprint density at radius 2 is 1.95 bits per heavy atom. The summed E-state index contributed by atoms with van der Waals surface area (Å²) in [4.78, 5) is 11.4. The van der Waals surface area contributed by atoms with Crippen molar-refractivity contribution in [1.29, 1.82) is 0 Å². The average molecular weight is 286 g/mol. The topological polar surface area (TPSA) is 78.9 Å². The molecule has 0 atom stereocenters. The van der Waals surface area contributed by atoms with Gasteiger partial charge in [-0.15, -0.1) is 0 Å². The molecule has 0 spiro atoms. The van der Waals surface area contributed by atoms with Gasteiger partial charge >= 0.3 is 0 Å². The lowest BCUT2D eigenvalue weighted by molar-refractivity contribution is -0.120. The fraction of sp³-hybridized carbons (Fsp3) is 0.417. The molecule has 2 rings (SSSR count). The Hall–Kier alpha value is -1.60. The van der Waals surface area contributed by atoms with Crippen molar-refractivity contribution in [3.05, 3.63) is 18.2 Å². The average Bonchev–Trinajstić information content (AvgIpc) is 2.37. The van der Waals surface area contributed by atoms with Crippen LogP contribution in [0.4, 0.5) is 0 Å². The first-order valence-corrected chi connectivity index (χ1v) is 7.31. The first-order valence-electron chi connectivity index (χ1n) is 5.66. The van der Waals surface area contributed by atoms with Crippen molar-refractivity contribution in [2.24, 2.45) is 0 Å². The Balaban J connectivity index is 2.23. The van der Waals surface area contributed by atoms with Crippen LogP contribution in [0.1, 0.15) is 0 Å². The summed E-state index contributed by atoms with van der Waals surface area (Å²) in [6, 6.07) is 4.31. The SMILES string of the molecule is COCC(=O)CS(=O)(=O)c1ccc2c(c1)OCCO2. The molecular weight excluding hydrogens is 272 g/mol. The molecule has 6 nitrogen and oxygen atoms in total. The highest BCUT2D eigenvalue weighted by molar-refractivity contribution is 7.92. The Morgan fingerprint density at radius 1 is 1.26 bits per heavy atom. The number of Topliss-reactive ketones (excluding diaryl/α,β-unsaturated/α-hetero) is 1. The Bertz CT molecular complexity index is 578. The first-order chi connectivity index (χ1) is 9.03. The second kappa shape index (κ2) is 5.58. The zero-order valence-corrected chi connectivity index (χ0v) is 11.2. The van der Waals surface area contributed by atoms with Crippen LogP contribution in [0.15, 0.2) is 23.1 Å². The van der Waals surface area contributed by atoms with Gasteiger partial charge in [0.1, 0.15) is 25.6 Å². The second-order valence-corrected chi connectivity index (χ2v) is 6.03. The molecule has 0 bridgehead atoms. The van der Waals surface area contributed by atoms with Crippen LogP contribution in [0.25, 0.3) is 0 Å². The van der Waals surface area contributed by atoms with Crippen LogP contribution in [0.2, 0.25) is 0 Å². The number of carbonyl (C=O) groups excluding carboxylic acids is 1. The van der Waals surface area contributed by atoms with Crippen LogP contribution in [0.5, 0.6) is 11.5 Å². The van der Waals surface area contributed by atoms with E-state index in [9.17, 15) is 13.2 Å². The van der Waals surface area contributed by atoms with Gasteiger partial charge in [-0.25, -0.2) is 8.42 Å². The van der Waals surface area contributed by atoms with Gasteiger partial charge in [-0.05, 0) is 12.1 Å². The maximum absolute atomic E-state index is 12.0. The van der Waals surface area contributed by atoms with E-state index in [2.05, 4.69) is 4.74 Å². The maximum atomic E-state index is 12.0. The van der Waals surface area contributed by atoms with Crippen molar-refractivity contribution in [1.82, 2.24) is 0 Å². The van der Waals surface area contributed by atoms with Gasteiger partial charge in [0.05, 0.1) is 4.90 Å². The van der Waals surface area contributed by atoms with E-state index in [1.165, 1.54) is 25.3 Å². The van der Waals surface area contributed by atoms with Gasteiger partial charge in [0.2, 0.25) is 0 Å². The summed E-state index contributed by atoms with van der Waals surface area (Å²) in [7, 11) is -2.34. The lowest BCUT2D eigenvalue weighted by Gasteiger charge is -2.18. The minimum atomic E-state index is -3.68. The monoisotopic (exact) mass is 286 g/mol. The zero-order valence-electron chi connectivity index (χ0n) is 10.4. The van der Waals surface area contributed by atoms with Crippen LogP contribution in [-0.2, 0) is 19.4 Å². The molecule has 1 aliphatic rings. The molecule has 1 aliphatic heterocycles. The predicted octanol–water partition coefficient (Wildman–Crippen LogP) is 0.447. The molecule has 1 heterocycles. The lowest BCUT2D eigenvalue weighted by Crippen LogP contribution is -2.20. The number of ketones is 1. The lowest BCUT2D eigenvalue weighted by atomic mass is 10.3. The molecule has 1 aromatic rings. The molecule has 1 aromatic carbocycles. The fourth-order valence-electron chi connectivity index (χ4n) is 1.72. The highest BCUT2D eigenvalue weighted by atomic mass is 32.2. The van der Waals surface area contributed by atoms with Crippen molar-refractivity contribution in [2.75, 3.05) is 32.7 Å². The van der Waals surface area contributed by atoms with Gasteiger partial charge in [0.25, 0.3) is 0 Å². The molecule has 0 amide bonds. The van der Waals surface area contributed by atoms with Crippen LogP contribution in [0, 0.1) is 0 Å². The van der Waals surface area contributed by atoms with Gasteiger partial charge in [0.15, 0.2) is 27.1 Å². The molecule has 0 N–H and O–H groups in total. The van der Waals surface area contributed by atoms with Crippen molar-refractivity contribution in [2.45, 2.75) is 4.90 Å². The van der Waals surface area contributed by atoms with E-state index in [4.69, 9.17) is 9.47 Å². The molecule has 0 aromatic heterocycles. The molecule has 0 radical (unpaired) electrons. The summed E-state index contributed by atoms with van der Waals surface area (Å²) in [6.07, 6.45) is 0. The molecule has 0 saturated carbocycles. The zero-order chi connectivity index (χ0) is 13.9. The van der Waals surface area contributed by atoms with E-state index < -0.39 is 21.4 Å². The summed E-state index contributed by atoms with van der Waals surface area (Å²) in [5.74, 6) is -0.183. The summed E-state index contributed by atoms with van der Waals surface area (Å²) < 4.78 is 39.3. The number of rotatable bonds is 5. The number of hydrogen-bond donors (Lipinski definition) is 0. The molecule has 0 unspecified atom stereocenters. The van der Waals surface area contributed by atoms with Crippen LogP contribution < -0.4 is 9.47 Å². The second-order valence-electron chi connectivity index (χ2n) is 4.04. The predicted molar refractivity (Wildman–Crippen MR) is 66.4 cm³/mol. The molecular formula is C12H14O6S. The Labute approximate surface area is 111 Å². The van der Waals surface area contributed by atoms with E-state index in [1.54, 1.807) is 0 Å². The highest BCUT2D eigenvalue weighted by Crippen LogP contribution is 2.32. The van der Waals surface area contributed by atoms with Gasteiger partial charge < -0.3 is 14.2 Å². The number of benzene rings is 1. The molecule has 0 saturated heterocycles. The smallest absolute Gasteiger partial charge is 0.185 e. The van der Waals surface area contributed by atoms with Crippen LogP contribution in [0.3, 0.4) is 0 Å². The van der Waals surface area contributed by atoms with Gasteiger partial charge in [-0.1, -0.05) is 0 Å². The quantitative estimate of drug-likeness (QED) is 0.782. The number of fused-ring (bicyclic) bond motifs is 1. The molecule has 0 fully saturated rings. The van der Waals surface area contributed by atoms with Crippen LogP contribution in [-0.4, -0.2) is 46.9 Å². The summed E-state index contributed by atoms with van der Waals surface area (Å²) >= 11 is 0. The number of carbonyl (C=O) groups is 1. The van der Waals surface area contributed by atoms with Crippen molar-refractivity contribution >= 4 is 15.6 Å². The number of hydrogen-bond acceptors (Lipinski definition) is 6. The third-order valence-electron chi connectivity index (χ3n) is 2.53. The molecule has 7 heteroatoms. The minimum absolute atomic E-state index is 0.0428. The first kappa shape index (κ1) is 13.8. The standard InChI is InChI=1S/C12H14O6S/c1-16-7-9(13)8-19(14,15)10-2-3-11-12(6-10)18-5-4-17-11/h2-3,6H,4-5,7-8H2,1H3. The van der Waals surface area contributed by atoms with Gasteiger partial charge in [-0.2, -0.15) is 0 Å². The van der Waals surface area contributed by atoms with E-state index in [0.29, 0.717) is 24.7 Å². The minimum Gasteiger partial charge on any atom is -0.486 e. The summed E-state index contributed by atoms with van der Waals surface area (Å²) in [6.45, 7) is 0.592. The Kier molecular flexibility index (Phi) is 4.06. The third-order valence-corrected chi connectivity index (χ3v) is 4.20. The summed E-state index contributed by atoms with van der Waals surface area (Å²) in [5, 5.41) is 0. The fourth-order valence-corrected chi connectivity index (χ4v) is 2.95. The largest absolute Gasteiger partial charge is 0.486 e. The molecule has 104 valence electrons. The number of ether oxygens (including phenoxy) is 3. The van der Waals surface area contributed by atoms with E-state index in [-0.39, 0.29) is 11.5 Å². The molecule has 19 heavy (non-hydrogen) atoms. The van der Waals surface area contributed by atoms with Gasteiger partial charge in [0, 0.05) is 13.2 Å². The van der Waals surface area contributed by atoms with E-state index in [1.807, 2.05) is 0 Å². The van der Waals surface area contributed by atoms with Crippen molar-refractivity contribution < 1.29 is 27.4 Å². The maximum Gasteiger partial charge on any atom is 0.185 e. The highest BCUT2D eigenvalue weighted by Gasteiger charge is 2.22. The number of sulfone groups is 1. The summed E-state index contributed by atoms with van der Waals surface area (Å²) in [5.41, 5.74) is 0. The van der Waals surface area contributed by atoms with E-state index >= 15 is 0 Å². The van der Waals surface area contributed by atoms with E-state index in [0.717, 1.165) is 0 Å².